The van der Waals surface area contributed by atoms with E-state index >= 15 is 0 Å². The van der Waals surface area contributed by atoms with Crippen LogP contribution in [-0.4, -0.2) is 17.3 Å². The van der Waals surface area contributed by atoms with E-state index < -0.39 is 0 Å². The molecule has 0 N–H and O–H groups in total. The van der Waals surface area contributed by atoms with E-state index in [-0.39, 0.29) is 68.7 Å². The first kappa shape index (κ1) is 14.6. The van der Waals surface area contributed by atoms with Crippen molar-refractivity contribution in [1.82, 2.24) is 0 Å². The first-order valence-electron chi connectivity index (χ1n) is 4.46. The van der Waals surface area contributed by atoms with Crippen LogP contribution in [0.4, 0.5) is 0 Å². The predicted octanol–water partition coefficient (Wildman–Crippen LogP) is -0.465. The fourth-order valence-electron chi connectivity index (χ4n) is 1.36. The van der Waals surface area contributed by atoms with Crippen LogP contribution in [0.1, 0.15) is 41.5 Å². The summed E-state index contributed by atoms with van der Waals surface area (Å²) in [7, 11) is 0. The number of hydrogen-bond acceptors (Lipinski definition) is 2. The fraction of sp³-hybridized carbons (Fsp3) is 0.900. The quantitative estimate of drug-likeness (QED) is 0.398. The van der Waals surface area contributed by atoms with E-state index in [2.05, 4.69) is 13.8 Å². The molecule has 1 atom stereocenters. The van der Waals surface area contributed by atoms with E-state index in [1.165, 1.54) is 0 Å². The van der Waals surface area contributed by atoms with E-state index in [4.69, 9.17) is 9.47 Å². The molecule has 0 aromatic heterocycles. The summed E-state index contributed by atoms with van der Waals surface area (Å²) in [5.41, 5.74) is -0.445. The topological polar surface area (TPSA) is 18.5 Å². The van der Waals surface area contributed by atoms with Crippen LogP contribution in [0, 0.1) is 6.10 Å². The van der Waals surface area contributed by atoms with Gasteiger partial charge in [-0.3, -0.25) is 0 Å². The van der Waals surface area contributed by atoms with Crippen LogP contribution >= 0.6 is 0 Å². The Kier molecular flexibility index (Phi) is 5.15. The normalized spacial score (nSPS) is 32.3. The molecule has 0 amide bonds. The summed E-state index contributed by atoms with van der Waals surface area (Å²) in [6.45, 7) is 12.2. The minimum absolute atomic E-state index is 0. The molecule has 13 heavy (non-hydrogen) atoms. The zero-order valence-electron chi connectivity index (χ0n) is 9.89. The maximum Gasteiger partial charge on any atom is 1.00 e. The van der Waals surface area contributed by atoms with Crippen LogP contribution in [0.5, 0.6) is 0 Å². The average Bonchev–Trinajstić information content (AvgIpc) is 1.82. The third kappa shape index (κ3) is 3.26. The summed E-state index contributed by atoms with van der Waals surface area (Å²) < 4.78 is 11.6. The molecule has 0 saturated carbocycles. The van der Waals surface area contributed by atoms with Crippen molar-refractivity contribution in [2.45, 2.75) is 58.8 Å². The largest absolute Gasteiger partial charge is 1.00 e. The molecule has 1 unspecified atom stereocenters. The van der Waals surface area contributed by atoms with Gasteiger partial charge in [-0.15, -0.1) is 0 Å². The standard InChI is InChI=1S/C10H19O2.K/c1-7-9(3,4)12-10(5,6)8(2)11-7;/h7H,1-6H3;/q-1;+1. The van der Waals surface area contributed by atoms with Crippen LogP contribution in [0.2, 0.25) is 0 Å². The van der Waals surface area contributed by atoms with Gasteiger partial charge < -0.3 is 9.47 Å². The van der Waals surface area contributed by atoms with Crippen molar-refractivity contribution < 1.29 is 60.9 Å². The second kappa shape index (κ2) is 4.60. The van der Waals surface area contributed by atoms with Gasteiger partial charge in [-0.05, 0) is 26.4 Å². The molecule has 2 nitrogen and oxygen atoms in total. The third-order valence-electron chi connectivity index (χ3n) is 2.70. The van der Waals surface area contributed by atoms with Gasteiger partial charge >= 0.3 is 51.4 Å². The fourth-order valence-corrected chi connectivity index (χ4v) is 1.36. The molecule has 0 spiro atoms. The second-order valence-corrected chi connectivity index (χ2v) is 4.53. The molecular weight excluding hydrogens is 191 g/mol. The Labute approximate surface area is 124 Å². The molecule has 72 valence electrons. The van der Waals surface area contributed by atoms with Crippen LogP contribution in [-0.2, 0) is 9.47 Å². The Bertz CT molecular complexity index is 160. The second-order valence-electron chi connectivity index (χ2n) is 4.53. The van der Waals surface area contributed by atoms with Gasteiger partial charge in [0.2, 0.25) is 0 Å². The smallest absolute Gasteiger partial charge is 0.542 e. The van der Waals surface area contributed by atoms with Gasteiger partial charge in [0, 0.05) is 6.10 Å². The monoisotopic (exact) mass is 210 g/mol. The predicted molar refractivity (Wildman–Crippen MR) is 48.7 cm³/mol. The minimum atomic E-state index is -0.254. The molecule has 1 saturated heterocycles. The Morgan fingerprint density at radius 2 is 1.62 bits per heavy atom. The average molecular weight is 210 g/mol. The molecule has 0 aromatic carbocycles. The Hall–Kier alpha value is 1.56. The Morgan fingerprint density at radius 3 is 2.00 bits per heavy atom. The molecule has 0 bridgehead atoms. The van der Waals surface area contributed by atoms with E-state index in [0.29, 0.717) is 0 Å². The molecule has 1 aliphatic rings. The SMILES string of the molecule is C[C-]1OC(C)C(C)(C)OC1(C)C.[K+]. The first-order chi connectivity index (χ1) is 5.26. The molecule has 0 aliphatic carbocycles. The molecule has 1 aliphatic heterocycles. The van der Waals surface area contributed by atoms with Gasteiger partial charge in [-0.1, -0.05) is 13.8 Å². The molecule has 1 rings (SSSR count). The van der Waals surface area contributed by atoms with Crippen molar-refractivity contribution >= 4 is 0 Å². The molecule has 0 radical (unpaired) electrons. The number of ether oxygens (including phenoxy) is 2. The molecule has 0 aromatic rings. The van der Waals surface area contributed by atoms with E-state index in [1.54, 1.807) is 0 Å². The van der Waals surface area contributed by atoms with Crippen molar-refractivity contribution in [3.05, 3.63) is 6.10 Å². The van der Waals surface area contributed by atoms with Crippen molar-refractivity contribution in [1.29, 1.82) is 0 Å². The first-order valence-corrected chi connectivity index (χ1v) is 4.46. The zero-order chi connectivity index (χ0) is 9.57. The maximum atomic E-state index is 5.92. The third-order valence-corrected chi connectivity index (χ3v) is 2.70. The molecule has 1 fully saturated rings. The van der Waals surface area contributed by atoms with Gasteiger partial charge in [0.25, 0.3) is 0 Å². The van der Waals surface area contributed by atoms with Crippen LogP contribution in [0.3, 0.4) is 0 Å². The van der Waals surface area contributed by atoms with Gasteiger partial charge in [-0.2, -0.15) is 13.0 Å². The van der Waals surface area contributed by atoms with E-state index in [9.17, 15) is 0 Å². The summed E-state index contributed by atoms with van der Waals surface area (Å²) in [5, 5.41) is 0. The van der Waals surface area contributed by atoms with E-state index in [0.717, 1.165) is 6.10 Å². The number of hydrogen-bond donors (Lipinski definition) is 0. The Balaban J connectivity index is 0.00000144. The summed E-state index contributed by atoms with van der Waals surface area (Å²) >= 11 is 0. The summed E-state index contributed by atoms with van der Waals surface area (Å²) in [6, 6.07) is 0. The van der Waals surface area contributed by atoms with Crippen LogP contribution < -0.4 is 51.4 Å². The summed E-state index contributed by atoms with van der Waals surface area (Å²) in [4.78, 5) is 0. The zero-order valence-corrected chi connectivity index (χ0v) is 13.0. The van der Waals surface area contributed by atoms with Crippen LogP contribution in [0.15, 0.2) is 0 Å². The number of rotatable bonds is 0. The van der Waals surface area contributed by atoms with Crippen LogP contribution in [0.25, 0.3) is 0 Å². The van der Waals surface area contributed by atoms with Gasteiger partial charge in [0.1, 0.15) is 0 Å². The summed E-state index contributed by atoms with van der Waals surface area (Å²) in [5.74, 6) is 0. The van der Waals surface area contributed by atoms with Crippen molar-refractivity contribution in [2.75, 3.05) is 0 Å². The van der Waals surface area contributed by atoms with Gasteiger partial charge in [0.05, 0.1) is 5.60 Å². The summed E-state index contributed by atoms with van der Waals surface area (Å²) in [6.07, 6.45) is 1.10. The van der Waals surface area contributed by atoms with Crippen molar-refractivity contribution in [2.24, 2.45) is 0 Å². The molecule has 3 heteroatoms. The molecular formula is C10H19KO2. The van der Waals surface area contributed by atoms with Crippen molar-refractivity contribution in [3.63, 3.8) is 0 Å². The molecule has 1 heterocycles. The van der Waals surface area contributed by atoms with Gasteiger partial charge in [0.15, 0.2) is 0 Å². The maximum absolute atomic E-state index is 5.92. The van der Waals surface area contributed by atoms with Gasteiger partial charge in [-0.25, -0.2) is 0 Å². The Morgan fingerprint density at radius 1 is 1.15 bits per heavy atom. The minimum Gasteiger partial charge on any atom is -0.542 e. The van der Waals surface area contributed by atoms with Crippen molar-refractivity contribution in [3.8, 4) is 0 Å². The van der Waals surface area contributed by atoms with E-state index in [1.807, 2.05) is 27.7 Å².